The van der Waals surface area contributed by atoms with E-state index in [1.165, 1.54) is 0 Å². The molecule has 2 unspecified atom stereocenters. The number of aryl methyl sites for hydroxylation is 1. The number of nitrogens with zero attached hydrogens (tertiary/aromatic N) is 2. The zero-order chi connectivity index (χ0) is 17.2. The normalized spacial score (nSPS) is 24.9. The molecule has 2 atom stereocenters. The fourth-order valence-corrected chi connectivity index (χ4v) is 2.95. The van der Waals surface area contributed by atoms with Gasteiger partial charge in [-0.2, -0.15) is 0 Å². The summed E-state index contributed by atoms with van der Waals surface area (Å²) in [6.07, 6.45) is 7.06. The lowest BCUT2D eigenvalue weighted by molar-refractivity contribution is 0.404. The topological polar surface area (TPSA) is 47.6 Å². The highest BCUT2D eigenvalue weighted by atomic mass is 16.5. The Morgan fingerprint density at radius 2 is 2.00 bits per heavy atom. The summed E-state index contributed by atoms with van der Waals surface area (Å²) in [6.45, 7) is 7.76. The van der Waals surface area contributed by atoms with Gasteiger partial charge in [-0.15, -0.1) is 5.73 Å². The predicted octanol–water partition coefficient (Wildman–Crippen LogP) is 4.96. The molecule has 0 N–H and O–H groups in total. The Morgan fingerprint density at radius 1 is 1.21 bits per heavy atom. The first-order valence-corrected chi connectivity index (χ1v) is 8.37. The molecule has 1 aromatic carbocycles. The van der Waals surface area contributed by atoms with E-state index in [1.807, 2.05) is 64.1 Å². The number of fused-ring (bicyclic) bond motifs is 1. The molecule has 24 heavy (non-hydrogen) atoms. The molecule has 0 saturated heterocycles. The summed E-state index contributed by atoms with van der Waals surface area (Å²) in [5.41, 5.74) is 4.88. The molecule has 2 heterocycles. The number of allylic oxidation sites excluding steroid dienone is 1. The van der Waals surface area contributed by atoms with Crippen LogP contribution in [0.25, 0.3) is 11.1 Å². The van der Waals surface area contributed by atoms with Crippen molar-refractivity contribution in [3.63, 3.8) is 0 Å². The van der Waals surface area contributed by atoms with E-state index in [-0.39, 0.29) is 5.54 Å². The molecule has 0 radical (unpaired) electrons. The van der Waals surface area contributed by atoms with Crippen LogP contribution in [0.5, 0.6) is 0 Å². The lowest BCUT2D eigenvalue weighted by Gasteiger charge is -2.03. The zero-order valence-electron chi connectivity index (χ0n) is 14.5. The summed E-state index contributed by atoms with van der Waals surface area (Å²) >= 11 is 0. The monoisotopic (exact) mass is 322 g/mol. The average Bonchev–Trinajstić information content (AvgIpc) is 3.03. The number of oxazole rings is 1. The number of hydrogen-bond acceptors (Lipinski definition) is 4. The van der Waals surface area contributed by atoms with E-state index in [1.54, 1.807) is 0 Å². The first kappa shape index (κ1) is 16.3. The Hall–Kier alpha value is -2.58. The molecule has 0 bridgehead atoms. The van der Waals surface area contributed by atoms with Crippen LogP contribution in [-0.4, -0.2) is 16.4 Å². The van der Waals surface area contributed by atoms with Crippen molar-refractivity contribution in [1.29, 1.82) is 0 Å². The molecular formula is C20H22N2O2. The number of hydrogen-bond donors (Lipinski definition) is 0. The van der Waals surface area contributed by atoms with Gasteiger partial charge in [0, 0.05) is 19.8 Å². The minimum atomic E-state index is -0.00984. The Kier molecular flexibility index (Phi) is 4.41. The maximum absolute atomic E-state index is 5.51. The number of ether oxygens (including phenoxy) is 1. The molecular weight excluding hydrogens is 300 g/mol. The summed E-state index contributed by atoms with van der Waals surface area (Å²) in [5.74, 6) is 3.06. The quantitative estimate of drug-likeness (QED) is 0.644. The van der Waals surface area contributed by atoms with Crippen molar-refractivity contribution in [2.45, 2.75) is 39.7 Å². The van der Waals surface area contributed by atoms with Gasteiger partial charge in [-0.3, -0.25) is 0 Å². The molecule has 124 valence electrons. The largest absolute Gasteiger partial charge is 0.445 e. The van der Waals surface area contributed by atoms with Crippen molar-refractivity contribution in [1.82, 2.24) is 4.98 Å². The van der Waals surface area contributed by atoms with Crippen molar-refractivity contribution >= 4 is 17.0 Å². The number of para-hydroxylation sites is 2. The van der Waals surface area contributed by atoms with Crippen LogP contribution in [0.15, 0.2) is 63.4 Å². The highest BCUT2D eigenvalue weighted by molar-refractivity contribution is 5.79. The molecule has 1 spiro atoms. The van der Waals surface area contributed by atoms with Crippen molar-refractivity contribution in [3.8, 4) is 0 Å². The van der Waals surface area contributed by atoms with Crippen LogP contribution in [0, 0.1) is 12.8 Å². The Bertz CT molecular complexity index is 836. The molecule has 5 rings (SSSR count). The average molecular weight is 322 g/mol. The third-order valence-electron chi connectivity index (χ3n) is 4.05. The zero-order valence-corrected chi connectivity index (χ0v) is 14.5. The van der Waals surface area contributed by atoms with Gasteiger partial charge in [-0.1, -0.05) is 26.0 Å². The molecule has 4 heteroatoms. The number of benzene rings is 1. The van der Waals surface area contributed by atoms with Crippen LogP contribution in [0.4, 0.5) is 0 Å². The van der Waals surface area contributed by atoms with Crippen LogP contribution in [-0.2, 0) is 4.74 Å². The molecule has 2 aromatic rings. The van der Waals surface area contributed by atoms with Gasteiger partial charge in [-0.25, -0.2) is 9.98 Å². The van der Waals surface area contributed by atoms with Gasteiger partial charge in [0.2, 0.25) is 0 Å². The molecule has 1 aromatic heterocycles. The van der Waals surface area contributed by atoms with Crippen LogP contribution in [0.3, 0.4) is 0 Å². The van der Waals surface area contributed by atoms with Gasteiger partial charge >= 0.3 is 0 Å². The molecule has 1 saturated carbocycles. The Morgan fingerprint density at radius 3 is 2.79 bits per heavy atom. The summed E-state index contributed by atoms with van der Waals surface area (Å²) in [5, 5.41) is 0. The van der Waals surface area contributed by atoms with Crippen molar-refractivity contribution < 1.29 is 9.15 Å². The third-order valence-corrected chi connectivity index (χ3v) is 4.05. The minimum absolute atomic E-state index is 0.00984. The lowest BCUT2D eigenvalue weighted by Crippen LogP contribution is -2.06. The summed E-state index contributed by atoms with van der Waals surface area (Å²) in [4.78, 5) is 8.66. The smallest absolute Gasteiger partial charge is 0.192 e. The summed E-state index contributed by atoms with van der Waals surface area (Å²) in [7, 11) is 0. The predicted molar refractivity (Wildman–Crippen MR) is 95.9 cm³/mol. The molecule has 1 fully saturated rings. The first-order valence-electron chi connectivity index (χ1n) is 8.37. The van der Waals surface area contributed by atoms with Gasteiger partial charge in [0.25, 0.3) is 0 Å². The van der Waals surface area contributed by atoms with Gasteiger partial charge in [0.05, 0.1) is 0 Å². The Balaban J connectivity index is 0.000000130. The van der Waals surface area contributed by atoms with Crippen molar-refractivity contribution in [2.75, 3.05) is 0 Å². The van der Waals surface area contributed by atoms with E-state index in [0.29, 0.717) is 5.92 Å². The number of aromatic nitrogens is 1. The molecule has 0 amide bonds. The van der Waals surface area contributed by atoms with E-state index in [2.05, 4.69) is 21.8 Å². The van der Waals surface area contributed by atoms with Crippen LogP contribution >= 0.6 is 0 Å². The summed E-state index contributed by atoms with van der Waals surface area (Å²) in [6, 6.07) is 7.73. The van der Waals surface area contributed by atoms with Gasteiger partial charge < -0.3 is 9.15 Å². The van der Waals surface area contributed by atoms with Crippen LogP contribution < -0.4 is 0 Å². The van der Waals surface area contributed by atoms with Crippen molar-refractivity contribution in [3.05, 3.63) is 59.9 Å². The van der Waals surface area contributed by atoms with Crippen LogP contribution in [0.2, 0.25) is 0 Å². The van der Waals surface area contributed by atoms with Crippen molar-refractivity contribution in [2.24, 2.45) is 10.9 Å². The second-order valence-electron chi connectivity index (χ2n) is 5.70. The van der Waals surface area contributed by atoms with E-state index in [0.717, 1.165) is 35.1 Å². The maximum atomic E-state index is 5.51. The van der Waals surface area contributed by atoms with E-state index >= 15 is 0 Å². The summed E-state index contributed by atoms with van der Waals surface area (Å²) < 4.78 is 10.8. The minimum Gasteiger partial charge on any atom is -0.445 e. The number of rotatable bonds is 0. The van der Waals surface area contributed by atoms with E-state index < -0.39 is 0 Å². The second-order valence-corrected chi connectivity index (χ2v) is 5.70. The lowest BCUT2D eigenvalue weighted by atomic mass is 10.2. The van der Waals surface area contributed by atoms with Gasteiger partial charge in [-0.05, 0) is 36.8 Å². The highest BCUT2D eigenvalue weighted by Crippen LogP contribution is 2.56. The third kappa shape index (κ3) is 2.93. The fraction of sp³-hybridized carbons (Fsp3) is 0.350. The SMILES string of the molecule is CC.CC1=NC23CC2C=C=CC=C3O1.Cc1nc2ccccc2o1. The second kappa shape index (κ2) is 6.50. The van der Waals surface area contributed by atoms with E-state index in [9.17, 15) is 0 Å². The van der Waals surface area contributed by atoms with E-state index in [4.69, 9.17) is 9.15 Å². The first-order chi connectivity index (χ1) is 11.7. The molecule has 4 nitrogen and oxygen atoms in total. The maximum Gasteiger partial charge on any atom is 0.192 e. The van der Waals surface area contributed by atoms with Gasteiger partial charge in [0.1, 0.15) is 16.8 Å². The van der Waals surface area contributed by atoms with Gasteiger partial charge in [0.15, 0.2) is 17.4 Å². The highest BCUT2D eigenvalue weighted by Gasteiger charge is 2.60. The molecule has 3 aliphatic rings. The standard InChI is InChI=1S/C10H9NO.C8H7NO.C2H6/c1-7-11-10-6-8(10)4-2-3-5-9(10)12-7;1-6-9-7-4-2-3-5-8(7)10-6;1-2/h3-5,8H,6H2,1H3;2-5H,1H3;1-2H3. The fourth-order valence-electron chi connectivity index (χ4n) is 2.95. The Labute approximate surface area is 142 Å². The number of aliphatic imine (C=N–C) groups is 1. The molecule has 1 aliphatic heterocycles. The van der Waals surface area contributed by atoms with Crippen LogP contribution in [0.1, 0.15) is 33.1 Å². The molecule has 2 aliphatic carbocycles.